The largest absolute Gasteiger partial charge is 0.454 e. The first-order chi connectivity index (χ1) is 12.6. The number of fused-ring (bicyclic) bond motifs is 4. The van der Waals surface area contributed by atoms with E-state index in [1.807, 2.05) is 42.5 Å². The number of hydrogen-bond donors (Lipinski definition) is 0. The second kappa shape index (κ2) is 5.95. The highest BCUT2D eigenvalue weighted by molar-refractivity contribution is 6.38. The summed E-state index contributed by atoms with van der Waals surface area (Å²) < 4.78 is 10.9. The zero-order chi connectivity index (χ0) is 17.8. The molecule has 0 bridgehead atoms. The average molecular weight is 402 g/mol. The van der Waals surface area contributed by atoms with Crippen LogP contribution in [0.2, 0.25) is 15.1 Å². The lowest BCUT2D eigenvalue weighted by atomic mass is 10.0. The van der Waals surface area contributed by atoms with E-state index < -0.39 is 0 Å². The summed E-state index contributed by atoms with van der Waals surface area (Å²) in [5.41, 5.74) is 6.10. The van der Waals surface area contributed by atoms with Gasteiger partial charge in [-0.3, -0.25) is 0 Å². The summed E-state index contributed by atoms with van der Waals surface area (Å²) in [6, 6.07) is 15.4. The third-order valence-electron chi connectivity index (χ3n) is 4.59. The minimum atomic E-state index is 0.252. The van der Waals surface area contributed by atoms with E-state index in [0.717, 1.165) is 44.9 Å². The molecule has 1 heterocycles. The minimum absolute atomic E-state index is 0.252. The van der Waals surface area contributed by atoms with Crippen molar-refractivity contribution in [2.24, 2.45) is 0 Å². The maximum Gasteiger partial charge on any atom is 0.231 e. The Morgan fingerprint density at radius 2 is 1.54 bits per heavy atom. The molecule has 0 atom stereocenters. The normalized spacial score (nSPS) is 15.3. The fraction of sp³-hybridized carbons (Fsp3) is 0.0476. The first kappa shape index (κ1) is 16.1. The van der Waals surface area contributed by atoms with E-state index in [1.165, 1.54) is 0 Å². The van der Waals surface area contributed by atoms with Gasteiger partial charge in [0.05, 0.1) is 5.02 Å². The number of rotatable bonds is 1. The highest BCUT2D eigenvalue weighted by atomic mass is 35.5. The zero-order valence-corrected chi connectivity index (χ0v) is 15.6. The van der Waals surface area contributed by atoms with Crippen molar-refractivity contribution in [3.05, 3.63) is 80.3 Å². The third kappa shape index (κ3) is 2.49. The Bertz CT molecular complexity index is 1100. The van der Waals surface area contributed by atoms with Gasteiger partial charge in [0.2, 0.25) is 6.79 Å². The summed E-state index contributed by atoms with van der Waals surface area (Å²) in [7, 11) is 0. The van der Waals surface area contributed by atoms with E-state index in [4.69, 9.17) is 44.3 Å². The van der Waals surface area contributed by atoms with E-state index in [2.05, 4.69) is 6.08 Å². The van der Waals surface area contributed by atoms with Gasteiger partial charge in [-0.05, 0) is 70.3 Å². The van der Waals surface area contributed by atoms with Gasteiger partial charge in [-0.15, -0.1) is 0 Å². The molecule has 0 saturated heterocycles. The summed E-state index contributed by atoms with van der Waals surface area (Å²) in [4.78, 5) is 0. The predicted molar refractivity (Wildman–Crippen MR) is 106 cm³/mol. The van der Waals surface area contributed by atoms with E-state index >= 15 is 0 Å². The van der Waals surface area contributed by atoms with E-state index in [-0.39, 0.29) is 6.79 Å². The molecule has 26 heavy (non-hydrogen) atoms. The van der Waals surface area contributed by atoms with Gasteiger partial charge in [-0.25, -0.2) is 0 Å². The first-order valence-electron chi connectivity index (χ1n) is 8.01. The maximum absolute atomic E-state index is 6.51. The number of halogens is 3. The molecule has 0 N–H and O–H groups in total. The molecule has 5 heteroatoms. The van der Waals surface area contributed by atoms with Gasteiger partial charge < -0.3 is 9.47 Å². The van der Waals surface area contributed by atoms with Crippen molar-refractivity contribution < 1.29 is 9.47 Å². The molecule has 0 spiro atoms. The topological polar surface area (TPSA) is 18.5 Å². The number of hydrogen-bond acceptors (Lipinski definition) is 2. The first-order valence-corrected chi connectivity index (χ1v) is 9.14. The van der Waals surface area contributed by atoms with Crippen LogP contribution < -0.4 is 9.47 Å². The van der Waals surface area contributed by atoms with Crippen molar-refractivity contribution >= 4 is 46.5 Å². The van der Waals surface area contributed by atoms with Gasteiger partial charge in [-0.1, -0.05) is 46.9 Å². The Morgan fingerprint density at radius 1 is 0.731 bits per heavy atom. The molecule has 0 fully saturated rings. The summed E-state index contributed by atoms with van der Waals surface area (Å²) in [6.07, 6.45) is 2.09. The van der Waals surface area contributed by atoms with E-state index in [9.17, 15) is 0 Å². The highest BCUT2D eigenvalue weighted by Crippen LogP contribution is 2.50. The van der Waals surface area contributed by atoms with Crippen molar-refractivity contribution in [1.29, 1.82) is 0 Å². The minimum Gasteiger partial charge on any atom is -0.454 e. The zero-order valence-electron chi connectivity index (χ0n) is 13.4. The van der Waals surface area contributed by atoms with Crippen LogP contribution in [0.4, 0.5) is 0 Å². The number of benzene rings is 3. The van der Waals surface area contributed by atoms with Crippen LogP contribution in [0.5, 0.6) is 11.5 Å². The van der Waals surface area contributed by atoms with Gasteiger partial charge in [0, 0.05) is 15.6 Å². The van der Waals surface area contributed by atoms with Crippen LogP contribution in [0, 0.1) is 0 Å². The molecule has 0 unspecified atom stereocenters. The van der Waals surface area contributed by atoms with Crippen molar-refractivity contribution in [1.82, 2.24) is 0 Å². The smallest absolute Gasteiger partial charge is 0.231 e. The van der Waals surface area contributed by atoms with E-state index in [0.29, 0.717) is 15.1 Å². The SMILES string of the molecule is Clc1ccc2c(c1)C(=Cc1ccc3c(c1)OCO3)c1cc(Cl)cc(Cl)c1-2. The lowest BCUT2D eigenvalue weighted by Gasteiger charge is -2.06. The Balaban J connectivity index is 1.75. The van der Waals surface area contributed by atoms with Crippen molar-refractivity contribution in [2.75, 3.05) is 6.79 Å². The lowest BCUT2D eigenvalue weighted by Crippen LogP contribution is -1.92. The standard InChI is InChI=1S/C21H11Cl3O2/c22-12-2-3-14-16(7-12)15(17-8-13(23)9-18(24)21(14)17)5-11-1-4-19-20(6-11)26-10-25-19/h1-9H,10H2. The second-order valence-electron chi connectivity index (χ2n) is 6.17. The van der Waals surface area contributed by atoms with Gasteiger partial charge in [-0.2, -0.15) is 0 Å². The molecule has 2 nitrogen and oxygen atoms in total. The molecular formula is C21H11Cl3O2. The third-order valence-corrected chi connectivity index (χ3v) is 5.35. The quantitative estimate of drug-likeness (QED) is 0.344. The van der Waals surface area contributed by atoms with Crippen LogP contribution in [0.1, 0.15) is 16.7 Å². The highest BCUT2D eigenvalue weighted by Gasteiger charge is 2.26. The van der Waals surface area contributed by atoms with E-state index in [1.54, 1.807) is 6.07 Å². The van der Waals surface area contributed by atoms with Crippen molar-refractivity contribution in [3.8, 4) is 22.6 Å². The van der Waals surface area contributed by atoms with Crippen LogP contribution in [0.25, 0.3) is 22.8 Å². The fourth-order valence-corrected chi connectivity index (χ4v) is 4.25. The Labute approximate surface area is 165 Å². The maximum atomic E-state index is 6.51. The molecule has 0 radical (unpaired) electrons. The fourth-order valence-electron chi connectivity index (χ4n) is 3.49. The van der Waals surface area contributed by atoms with Crippen LogP contribution >= 0.6 is 34.8 Å². The molecular weight excluding hydrogens is 391 g/mol. The Hall–Kier alpha value is -2.13. The Morgan fingerprint density at radius 3 is 2.42 bits per heavy atom. The lowest BCUT2D eigenvalue weighted by molar-refractivity contribution is 0.174. The molecule has 0 aromatic heterocycles. The molecule has 128 valence electrons. The summed E-state index contributed by atoms with van der Waals surface area (Å²) >= 11 is 19.0. The molecule has 1 aliphatic carbocycles. The van der Waals surface area contributed by atoms with Crippen molar-refractivity contribution in [3.63, 3.8) is 0 Å². The predicted octanol–water partition coefficient (Wildman–Crippen LogP) is 6.94. The van der Waals surface area contributed by atoms with Crippen LogP contribution in [-0.2, 0) is 0 Å². The number of ether oxygens (including phenoxy) is 2. The van der Waals surface area contributed by atoms with Gasteiger partial charge in [0.15, 0.2) is 11.5 Å². The van der Waals surface area contributed by atoms with Crippen molar-refractivity contribution in [2.45, 2.75) is 0 Å². The molecule has 0 saturated carbocycles. The van der Waals surface area contributed by atoms with Gasteiger partial charge in [0.25, 0.3) is 0 Å². The Kier molecular flexibility index (Phi) is 3.68. The summed E-state index contributed by atoms with van der Waals surface area (Å²) in [6.45, 7) is 0.252. The molecule has 3 aromatic carbocycles. The molecule has 2 aliphatic rings. The van der Waals surface area contributed by atoms with Gasteiger partial charge >= 0.3 is 0 Å². The van der Waals surface area contributed by atoms with Crippen LogP contribution in [0.3, 0.4) is 0 Å². The summed E-state index contributed by atoms with van der Waals surface area (Å²) in [5, 5.41) is 1.91. The molecule has 0 amide bonds. The van der Waals surface area contributed by atoms with Crippen LogP contribution in [0.15, 0.2) is 48.5 Å². The van der Waals surface area contributed by atoms with Gasteiger partial charge in [0.1, 0.15) is 0 Å². The molecule has 1 aliphatic heterocycles. The molecule has 5 rings (SSSR count). The monoisotopic (exact) mass is 400 g/mol. The summed E-state index contributed by atoms with van der Waals surface area (Å²) in [5.74, 6) is 1.50. The average Bonchev–Trinajstić information content (AvgIpc) is 3.18. The second-order valence-corrected chi connectivity index (χ2v) is 7.45. The molecule has 3 aromatic rings. The van der Waals surface area contributed by atoms with Crippen LogP contribution in [-0.4, -0.2) is 6.79 Å².